The van der Waals surface area contributed by atoms with E-state index < -0.39 is 26.9 Å². The van der Waals surface area contributed by atoms with E-state index in [0.29, 0.717) is 25.3 Å². The first-order valence-electron chi connectivity index (χ1n) is 8.96. The topological polar surface area (TPSA) is 138 Å². The molecule has 0 aromatic carbocycles. The molecule has 8 heteroatoms. The number of aliphatic hydroxyl groups excluding tert-OH is 1. The Morgan fingerprint density at radius 3 is 2.23 bits per heavy atom. The van der Waals surface area contributed by atoms with Crippen molar-refractivity contribution in [2.45, 2.75) is 70.7 Å². The molecule has 0 heterocycles. The Morgan fingerprint density at radius 1 is 1.38 bits per heavy atom. The van der Waals surface area contributed by atoms with Crippen LogP contribution in [0.4, 0.5) is 0 Å². The quantitative estimate of drug-likeness (QED) is 0.385. The first-order valence-corrected chi connectivity index (χ1v) is 10.4. The number of hydrogen-bond donors (Lipinski definition) is 4. The van der Waals surface area contributed by atoms with Crippen molar-refractivity contribution in [1.29, 1.82) is 0 Å². The van der Waals surface area contributed by atoms with Gasteiger partial charge in [0.25, 0.3) is 10.1 Å². The first-order chi connectivity index (χ1) is 11.7. The summed E-state index contributed by atoms with van der Waals surface area (Å²) in [6, 6.07) is 0. The molecule has 1 rings (SSSR count). The fraction of sp³-hybridized carbons (Fsp3) is 0.833. The van der Waals surface area contributed by atoms with E-state index in [4.69, 9.17) is 15.4 Å². The van der Waals surface area contributed by atoms with E-state index in [-0.39, 0.29) is 24.7 Å². The van der Waals surface area contributed by atoms with E-state index >= 15 is 0 Å². The number of aliphatic hydroxyl groups is 1. The van der Waals surface area contributed by atoms with Crippen LogP contribution in [0, 0.1) is 17.8 Å². The zero-order valence-electron chi connectivity index (χ0n) is 16.3. The van der Waals surface area contributed by atoms with Gasteiger partial charge >= 0.3 is 5.97 Å². The molecule has 0 bridgehead atoms. The molecular formula is C18H35NO6S. The van der Waals surface area contributed by atoms with Crippen molar-refractivity contribution in [2.24, 2.45) is 23.5 Å². The fourth-order valence-electron chi connectivity index (χ4n) is 3.19. The molecule has 154 valence electrons. The standard InChI is InChI=1S/C10H18O4S.C8H17NO2/c1-7(2)8-4-5-10(3,9(11)6-8)15(12,13)14;1-6(2)3-7(5-9)4-8(10)11/h8-9,11H,1,4-6H2,2-3H3,(H,12,13,14);6-7H,3-5,9H2,1-2H3,(H,10,11)/t;7-/m.0/s1. The fourth-order valence-corrected chi connectivity index (χ4v) is 4.00. The number of hydrogen-bond acceptors (Lipinski definition) is 5. The monoisotopic (exact) mass is 393 g/mol. The van der Waals surface area contributed by atoms with Crippen LogP contribution >= 0.6 is 0 Å². The van der Waals surface area contributed by atoms with Gasteiger partial charge in [-0.2, -0.15) is 8.42 Å². The number of carbonyl (C=O) groups is 1. The molecule has 0 spiro atoms. The van der Waals surface area contributed by atoms with E-state index in [1.54, 1.807) is 0 Å². The lowest BCUT2D eigenvalue weighted by Gasteiger charge is -2.39. The first kappa shape index (κ1) is 25.0. The summed E-state index contributed by atoms with van der Waals surface area (Å²) in [6.07, 6.45) is 1.35. The molecule has 0 amide bonds. The Hall–Kier alpha value is -0.960. The van der Waals surface area contributed by atoms with Crippen molar-refractivity contribution in [3.8, 4) is 0 Å². The van der Waals surface area contributed by atoms with Crippen LogP contribution in [0.1, 0.15) is 59.8 Å². The van der Waals surface area contributed by atoms with Gasteiger partial charge in [0.1, 0.15) is 4.75 Å². The van der Waals surface area contributed by atoms with E-state index in [1.807, 2.05) is 6.92 Å². The van der Waals surface area contributed by atoms with Gasteiger partial charge in [-0.05, 0) is 63.8 Å². The normalized spacial score (nSPS) is 27.4. The van der Waals surface area contributed by atoms with Gasteiger partial charge in [0.15, 0.2) is 0 Å². The highest BCUT2D eigenvalue weighted by Crippen LogP contribution is 2.39. The Labute approximate surface area is 157 Å². The summed E-state index contributed by atoms with van der Waals surface area (Å²) < 4.78 is 30.0. The second kappa shape index (κ2) is 10.4. The molecule has 1 aliphatic carbocycles. The van der Waals surface area contributed by atoms with Crippen LogP contribution in [0.25, 0.3) is 0 Å². The van der Waals surface area contributed by atoms with Gasteiger partial charge in [0.2, 0.25) is 0 Å². The van der Waals surface area contributed by atoms with Gasteiger partial charge in [0.05, 0.1) is 6.10 Å². The molecule has 7 nitrogen and oxygen atoms in total. The van der Waals surface area contributed by atoms with Crippen molar-refractivity contribution >= 4 is 16.1 Å². The van der Waals surface area contributed by atoms with Crippen LogP contribution < -0.4 is 5.73 Å². The summed E-state index contributed by atoms with van der Waals surface area (Å²) in [5.41, 5.74) is 6.36. The third-order valence-corrected chi connectivity index (χ3v) is 6.74. The minimum atomic E-state index is -4.20. The SMILES string of the molecule is C=C(C)C1CCC(C)(S(=O)(=O)O)C(O)C1.CC(C)C[C@H](CN)CC(=O)O. The van der Waals surface area contributed by atoms with Crippen LogP contribution in [-0.4, -0.2) is 46.5 Å². The molecule has 26 heavy (non-hydrogen) atoms. The maximum absolute atomic E-state index is 11.2. The average Bonchev–Trinajstić information content (AvgIpc) is 2.47. The summed E-state index contributed by atoms with van der Waals surface area (Å²) in [4.78, 5) is 10.3. The van der Waals surface area contributed by atoms with Crippen LogP contribution in [0.15, 0.2) is 12.2 Å². The highest BCUT2D eigenvalue weighted by atomic mass is 32.2. The molecule has 1 saturated carbocycles. The third-order valence-electron chi connectivity index (χ3n) is 5.09. The van der Waals surface area contributed by atoms with E-state index in [2.05, 4.69) is 20.4 Å². The summed E-state index contributed by atoms with van der Waals surface area (Å²) in [6.45, 7) is 11.7. The minimum Gasteiger partial charge on any atom is -0.481 e. The molecule has 4 atom stereocenters. The van der Waals surface area contributed by atoms with Crippen molar-refractivity contribution in [3.05, 3.63) is 12.2 Å². The van der Waals surface area contributed by atoms with E-state index in [1.165, 1.54) is 6.92 Å². The molecule has 5 N–H and O–H groups in total. The molecule has 3 unspecified atom stereocenters. The lowest BCUT2D eigenvalue weighted by Crippen LogP contribution is -2.50. The zero-order chi connectivity index (χ0) is 20.7. The maximum Gasteiger partial charge on any atom is 0.303 e. The summed E-state index contributed by atoms with van der Waals surface area (Å²) in [7, 11) is -4.20. The number of carboxylic acid groups (broad SMARTS) is 1. The molecule has 0 aromatic rings. The highest BCUT2D eigenvalue weighted by Gasteiger charge is 2.48. The Bertz CT molecular complexity index is 574. The van der Waals surface area contributed by atoms with Crippen molar-refractivity contribution < 1.29 is 28.0 Å². The number of allylic oxidation sites excluding steroid dienone is 1. The number of rotatable bonds is 7. The van der Waals surface area contributed by atoms with Gasteiger partial charge in [-0.15, -0.1) is 0 Å². The van der Waals surface area contributed by atoms with Crippen LogP contribution in [-0.2, 0) is 14.9 Å². The Morgan fingerprint density at radius 2 is 1.92 bits per heavy atom. The van der Waals surface area contributed by atoms with Gasteiger partial charge in [-0.1, -0.05) is 26.0 Å². The zero-order valence-corrected chi connectivity index (χ0v) is 17.1. The summed E-state index contributed by atoms with van der Waals surface area (Å²) in [5, 5.41) is 18.3. The number of nitrogens with two attached hydrogens (primary N) is 1. The largest absolute Gasteiger partial charge is 0.481 e. The second-order valence-electron chi connectivity index (χ2n) is 7.95. The molecule has 0 saturated heterocycles. The summed E-state index contributed by atoms with van der Waals surface area (Å²) >= 11 is 0. The summed E-state index contributed by atoms with van der Waals surface area (Å²) in [5.74, 6) is 0.0753. The number of aliphatic carboxylic acids is 1. The predicted octanol–water partition coefficient (Wildman–Crippen LogP) is 2.45. The van der Waals surface area contributed by atoms with Gasteiger partial charge in [0, 0.05) is 6.42 Å². The van der Waals surface area contributed by atoms with E-state index in [9.17, 15) is 18.3 Å². The van der Waals surface area contributed by atoms with Crippen LogP contribution in [0.2, 0.25) is 0 Å². The lowest BCUT2D eigenvalue weighted by atomic mass is 9.77. The second-order valence-corrected chi connectivity index (χ2v) is 9.83. The number of carboxylic acids is 1. The van der Waals surface area contributed by atoms with Crippen LogP contribution in [0.5, 0.6) is 0 Å². The van der Waals surface area contributed by atoms with Gasteiger partial charge in [-0.25, -0.2) is 0 Å². The molecular weight excluding hydrogens is 358 g/mol. The Balaban J connectivity index is 0.000000508. The highest BCUT2D eigenvalue weighted by molar-refractivity contribution is 7.87. The molecule has 0 radical (unpaired) electrons. The van der Waals surface area contributed by atoms with Crippen molar-refractivity contribution in [2.75, 3.05) is 6.54 Å². The average molecular weight is 394 g/mol. The van der Waals surface area contributed by atoms with Gasteiger partial charge in [-0.3, -0.25) is 9.35 Å². The molecule has 0 aliphatic heterocycles. The molecule has 0 aromatic heterocycles. The van der Waals surface area contributed by atoms with Gasteiger partial charge < -0.3 is 15.9 Å². The minimum absolute atomic E-state index is 0.146. The third kappa shape index (κ3) is 7.73. The van der Waals surface area contributed by atoms with Crippen molar-refractivity contribution in [3.63, 3.8) is 0 Å². The predicted molar refractivity (Wildman–Crippen MR) is 102 cm³/mol. The molecule has 1 aliphatic rings. The Kier molecular flexibility index (Phi) is 10.0. The lowest BCUT2D eigenvalue weighted by molar-refractivity contribution is -0.138. The smallest absolute Gasteiger partial charge is 0.303 e. The van der Waals surface area contributed by atoms with E-state index in [0.717, 1.165) is 12.0 Å². The maximum atomic E-state index is 11.2. The van der Waals surface area contributed by atoms with Crippen molar-refractivity contribution in [1.82, 2.24) is 0 Å². The molecule has 1 fully saturated rings. The van der Waals surface area contributed by atoms with Crippen LogP contribution in [0.3, 0.4) is 0 Å².